The molecule has 86 valence electrons. The van der Waals surface area contributed by atoms with Crippen LogP contribution in [-0.4, -0.2) is 18.3 Å². The Hall–Kier alpha value is -0.380. The molecule has 0 amide bonds. The van der Waals surface area contributed by atoms with Crippen LogP contribution >= 0.6 is 11.3 Å². The Morgan fingerprint density at radius 3 is 2.67 bits per heavy atom. The van der Waals surface area contributed by atoms with E-state index in [1.165, 1.54) is 0 Å². The highest BCUT2D eigenvalue weighted by molar-refractivity contribution is 7.07. The summed E-state index contributed by atoms with van der Waals surface area (Å²) < 4.78 is 5.46. The van der Waals surface area contributed by atoms with E-state index in [1.54, 1.807) is 11.3 Å². The first-order valence-corrected chi connectivity index (χ1v) is 6.42. The highest BCUT2D eigenvalue weighted by atomic mass is 32.1. The van der Waals surface area contributed by atoms with Crippen molar-refractivity contribution in [1.82, 2.24) is 0 Å². The Morgan fingerprint density at radius 2 is 2.07 bits per heavy atom. The van der Waals surface area contributed by atoms with E-state index < -0.39 is 0 Å². The van der Waals surface area contributed by atoms with Crippen LogP contribution in [0.25, 0.3) is 0 Å². The lowest BCUT2D eigenvalue weighted by molar-refractivity contribution is 0.0768. The summed E-state index contributed by atoms with van der Waals surface area (Å²) in [6, 6.07) is 1.96. The summed E-state index contributed by atoms with van der Waals surface area (Å²) >= 11 is 1.61. The van der Waals surface area contributed by atoms with Crippen LogP contribution in [0.15, 0.2) is 16.8 Å². The maximum absolute atomic E-state index is 9.74. The van der Waals surface area contributed by atoms with Gasteiger partial charge in [0.1, 0.15) is 0 Å². The summed E-state index contributed by atoms with van der Waals surface area (Å²) in [5.74, 6) is 0.687. The van der Waals surface area contributed by atoms with Crippen molar-refractivity contribution in [2.24, 2.45) is 5.92 Å². The minimum atomic E-state index is -0.365. The van der Waals surface area contributed by atoms with Gasteiger partial charge in [0.2, 0.25) is 0 Å². The minimum Gasteiger partial charge on any atom is -0.388 e. The van der Waals surface area contributed by atoms with Crippen LogP contribution in [-0.2, 0) is 4.74 Å². The van der Waals surface area contributed by atoms with E-state index in [1.807, 2.05) is 16.8 Å². The first kappa shape index (κ1) is 12.7. The van der Waals surface area contributed by atoms with Crippen molar-refractivity contribution in [2.75, 3.05) is 13.2 Å². The van der Waals surface area contributed by atoms with Crippen molar-refractivity contribution in [2.45, 2.75) is 32.8 Å². The van der Waals surface area contributed by atoms with E-state index in [0.717, 1.165) is 18.6 Å². The van der Waals surface area contributed by atoms with Crippen LogP contribution in [0, 0.1) is 5.92 Å². The number of aliphatic hydroxyl groups is 1. The molecular weight excluding hydrogens is 208 g/mol. The first-order valence-electron chi connectivity index (χ1n) is 5.48. The first-order chi connectivity index (χ1) is 7.20. The second kappa shape index (κ2) is 6.99. The molecule has 1 atom stereocenters. The lowest BCUT2D eigenvalue weighted by Crippen LogP contribution is -2.05. The molecule has 2 nitrogen and oxygen atoms in total. The monoisotopic (exact) mass is 228 g/mol. The van der Waals surface area contributed by atoms with Gasteiger partial charge in [-0.25, -0.2) is 0 Å². The van der Waals surface area contributed by atoms with Crippen LogP contribution in [0.3, 0.4) is 0 Å². The van der Waals surface area contributed by atoms with Gasteiger partial charge < -0.3 is 9.84 Å². The summed E-state index contributed by atoms with van der Waals surface area (Å²) in [7, 11) is 0. The molecule has 1 N–H and O–H groups in total. The second-order valence-electron chi connectivity index (χ2n) is 4.16. The van der Waals surface area contributed by atoms with Gasteiger partial charge in [-0.15, -0.1) is 0 Å². The molecular formula is C12H20O2S. The number of hydrogen-bond donors (Lipinski definition) is 1. The molecule has 0 saturated carbocycles. The summed E-state index contributed by atoms with van der Waals surface area (Å²) in [5, 5.41) is 13.7. The third-order valence-corrected chi connectivity index (χ3v) is 3.00. The molecule has 1 aromatic heterocycles. The summed E-state index contributed by atoms with van der Waals surface area (Å²) in [6.07, 6.45) is 1.42. The fourth-order valence-corrected chi connectivity index (χ4v) is 1.95. The topological polar surface area (TPSA) is 29.5 Å². The Labute approximate surface area is 95.9 Å². The van der Waals surface area contributed by atoms with Crippen LogP contribution in [0.1, 0.15) is 38.4 Å². The molecule has 0 aromatic carbocycles. The third kappa shape index (κ3) is 5.30. The fourth-order valence-electron chi connectivity index (χ4n) is 1.25. The van der Waals surface area contributed by atoms with Crippen molar-refractivity contribution < 1.29 is 9.84 Å². The Bertz CT molecular complexity index is 244. The summed E-state index contributed by atoms with van der Waals surface area (Å²) in [6.45, 7) is 5.81. The van der Waals surface area contributed by atoms with Crippen LogP contribution < -0.4 is 0 Å². The lowest BCUT2D eigenvalue weighted by Gasteiger charge is -2.10. The summed E-state index contributed by atoms with van der Waals surface area (Å²) in [4.78, 5) is 0. The van der Waals surface area contributed by atoms with Gasteiger partial charge in [-0.3, -0.25) is 0 Å². The molecule has 0 saturated heterocycles. The van der Waals surface area contributed by atoms with Crippen LogP contribution in [0.2, 0.25) is 0 Å². The maximum atomic E-state index is 9.74. The molecule has 0 aliphatic carbocycles. The molecule has 15 heavy (non-hydrogen) atoms. The molecule has 0 aliphatic heterocycles. The van der Waals surface area contributed by atoms with Gasteiger partial charge in [0.15, 0.2) is 0 Å². The predicted molar refractivity (Wildman–Crippen MR) is 64.2 cm³/mol. The zero-order valence-corrected chi connectivity index (χ0v) is 10.3. The van der Waals surface area contributed by atoms with Crippen molar-refractivity contribution in [3.63, 3.8) is 0 Å². The van der Waals surface area contributed by atoms with E-state index in [0.29, 0.717) is 18.9 Å². The molecule has 1 heterocycles. The molecule has 0 radical (unpaired) electrons. The second-order valence-corrected chi connectivity index (χ2v) is 4.94. The van der Waals surface area contributed by atoms with Crippen molar-refractivity contribution in [1.29, 1.82) is 0 Å². The van der Waals surface area contributed by atoms with Gasteiger partial charge >= 0.3 is 0 Å². The highest BCUT2D eigenvalue weighted by Crippen LogP contribution is 2.19. The van der Waals surface area contributed by atoms with E-state index in [-0.39, 0.29) is 6.10 Å². The molecule has 0 fully saturated rings. The largest absolute Gasteiger partial charge is 0.388 e. The van der Waals surface area contributed by atoms with Gasteiger partial charge in [-0.05, 0) is 34.7 Å². The van der Waals surface area contributed by atoms with Gasteiger partial charge in [0.25, 0.3) is 0 Å². The fraction of sp³-hybridized carbons (Fsp3) is 0.667. The lowest BCUT2D eigenvalue weighted by atomic mass is 10.1. The van der Waals surface area contributed by atoms with Gasteiger partial charge in [-0.2, -0.15) is 11.3 Å². The van der Waals surface area contributed by atoms with E-state index in [4.69, 9.17) is 4.74 Å². The molecule has 3 heteroatoms. The average Bonchev–Trinajstić information content (AvgIpc) is 2.69. The SMILES string of the molecule is CC(C)CCOCCC(O)c1ccsc1. The molecule has 0 spiro atoms. The van der Waals surface area contributed by atoms with Gasteiger partial charge in [0, 0.05) is 19.6 Å². The van der Waals surface area contributed by atoms with Crippen molar-refractivity contribution in [3.8, 4) is 0 Å². The zero-order valence-electron chi connectivity index (χ0n) is 9.48. The van der Waals surface area contributed by atoms with Gasteiger partial charge in [0.05, 0.1) is 6.10 Å². The summed E-state index contributed by atoms with van der Waals surface area (Å²) in [5.41, 5.74) is 1.01. The van der Waals surface area contributed by atoms with Gasteiger partial charge in [-0.1, -0.05) is 13.8 Å². The maximum Gasteiger partial charge on any atom is 0.0820 e. The molecule has 0 bridgehead atoms. The number of thiophene rings is 1. The Balaban J connectivity index is 2.05. The standard InChI is InChI=1S/C12H20O2S/c1-10(2)3-6-14-7-4-12(13)11-5-8-15-9-11/h5,8-10,12-13H,3-4,6-7H2,1-2H3. The molecule has 1 rings (SSSR count). The molecule has 0 aliphatic rings. The number of aliphatic hydroxyl groups excluding tert-OH is 1. The highest BCUT2D eigenvalue weighted by Gasteiger charge is 2.07. The van der Waals surface area contributed by atoms with E-state index >= 15 is 0 Å². The predicted octanol–water partition coefficient (Wildman–Crippen LogP) is 3.23. The number of rotatable bonds is 7. The average molecular weight is 228 g/mol. The smallest absolute Gasteiger partial charge is 0.0820 e. The minimum absolute atomic E-state index is 0.365. The van der Waals surface area contributed by atoms with Crippen LogP contribution in [0.4, 0.5) is 0 Å². The zero-order chi connectivity index (χ0) is 11.1. The van der Waals surface area contributed by atoms with E-state index in [2.05, 4.69) is 13.8 Å². The number of hydrogen-bond acceptors (Lipinski definition) is 3. The normalized spacial score (nSPS) is 13.3. The van der Waals surface area contributed by atoms with Crippen molar-refractivity contribution >= 4 is 11.3 Å². The Morgan fingerprint density at radius 1 is 1.33 bits per heavy atom. The van der Waals surface area contributed by atoms with Crippen molar-refractivity contribution in [3.05, 3.63) is 22.4 Å². The third-order valence-electron chi connectivity index (χ3n) is 2.30. The Kier molecular flexibility index (Phi) is 5.91. The van der Waals surface area contributed by atoms with Crippen LogP contribution in [0.5, 0.6) is 0 Å². The molecule has 1 aromatic rings. The van der Waals surface area contributed by atoms with E-state index in [9.17, 15) is 5.11 Å². The quantitative estimate of drug-likeness (QED) is 0.726. The molecule has 1 unspecified atom stereocenters. The number of ether oxygens (including phenoxy) is 1.